The summed E-state index contributed by atoms with van der Waals surface area (Å²) >= 11 is 14.2. The number of carbonyl (C=O) groups excluding carboxylic acids is 3. The summed E-state index contributed by atoms with van der Waals surface area (Å²) in [7, 11) is -4.49. The summed E-state index contributed by atoms with van der Waals surface area (Å²) in [6.07, 6.45) is -0.0392. The molecule has 0 bridgehead atoms. The first kappa shape index (κ1) is 121. The van der Waals surface area contributed by atoms with Crippen LogP contribution < -0.4 is 11.1 Å². The molecule has 6 aromatic rings. The van der Waals surface area contributed by atoms with Crippen molar-refractivity contribution >= 4 is 113 Å². The third-order valence-electron chi connectivity index (χ3n) is 10.4. The number of hydrogen-bond donors (Lipinski definition) is 12. The van der Waals surface area contributed by atoms with Gasteiger partial charge in [-0.1, -0.05) is 182 Å². The summed E-state index contributed by atoms with van der Waals surface area (Å²) in [4.78, 5) is 89.6. The number of nitrogens with two attached hydrogens (primary N) is 1. The number of aliphatic hydroxyl groups excluding tert-OH is 4. The van der Waals surface area contributed by atoms with Crippen molar-refractivity contribution in [1.82, 2.24) is 5.32 Å². The molecule has 99 heavy (non-hydrogen) atoms. The van der Waals surface area contributed by atoms with Gasteiger partial charge in [0.25, 0.3) is 0 Å². The summed E-state index contributed by atoms with van der Waals surface area (Å²) in [5.41, 5.74) is 8.80. The van der Waals surface area contributed by atoms with E-state index in [1.165, 1.54) is 0 Å². The summed E-state index contributed by atoms with van der Waals surface area (Å²) in [5, 5.41) is 50.9. The van der Waals surface area contributed by atoms with Gasteiger partial charge in [-0.15, -0.1) is 0 Å². The Balaban J connectivity index is -0.000000126. The number of rotatable bonds is 24. The van der Waals surface area contributed by atoms with Crippen LogP contribution in [0, 0.1) is 193 Å². The second kappa shape index (κ2) is 64.8. The smallest absolute Gasteiger partial charge is 0.408 e. The van der Waals surface area contributed by atoms with E-state index in [0.29, 0.717) is 16.7 Å². The van der Waals surface area contributed by atoms with Crippen LogP contribution >= 0.6 is 36.5 Å². The number of benzene rings is 6. The van der Waals surface area contributed by atoms with Crippen LogP contribution in [-0.4, -0.2) is 123 Å². The van der Waals surface area contributed by atoms with E-state index >= 15 is 0 Å². The zero-order valence-corrected chi connectivity index (χ0v) is 86.7. The van der Waals surface area contributed by atoms with Crippen molar-refractivity contribution in [3.8, 4) is 0 Å². The van der Waals surface area contributed by atoms with Gasteiger partial charge in [-0.05, 0) is 103 Å². The standard InChI is InChI=1S/C19H22NO7PS.C13H25O3PSi2.C10H14NO5PS.C7H9O3PS.C7H6O.5CH3.HO2P.5U/c1-25-17(21)16(20-19(23)26-12-14-8-4-2-5-9-14)13-27-28(24,29)18(22)15-10-6-3-7-11-15;1-18(2,3)15-17(16-19(4,5)6)13(14)12-10-8-7-9-11-12;11-8(9(12)13)6-16-17(15,18)10(14)7-4-2-1-3-5-7;8-7(11(9,10)12)6-4-2-1-3-5-6;8-6-7-4-2-1-3-5-7;;;;;;1-3-2;;;;;/h2-11,16,18,22H,12-13H2,1H3,(H,20,23)(H,24,29);7-11,13-14H,1-6H3;1-5,8,10,14H,6,11H2,(H,12,13)(H,15,18);1-5,7-8H,(H2,9,10,12);1-6H;5*1H3;(H,1,2);;;;;/q;;;;;5*-1;;;;;;/t16-,18?,28?;;8-,10?,17?;;;;;;;;;;;;;/m0.0............./s1. The zero-order chi connectivity index (χ0) is 67.4. The minimum absolute atomic E-state index is 0. The van der Waals surface area contributed by atoms with Crippen LogP contribution in [0.4, 0.5) is 4.79 Å². The predicted octanol–water partition coefficient (Wildman–Crippen LogP) is 12.5. The number of amides is 1. The van der Waals surface area contributed by atoms with Gasteiger partial charge < -0.3 is 125 Å². The SMILES string of the molecule is COC(=O)[C@H](COP(O)(=S)C(O)c1ccccc1)NC(=O)OCc1ccccc1.C[Si](C)(C)OP(O[Si](C)(C)C)C(O)c1ccccc1.N[C@@H](COP(O)(=S)C(O)c1ccccc1)C(=O)O.O=Cc1ccccc1.O=PO.OC(c1ccccc1)P(O)(O)=S.[CH3-].[CH3-].[CH3-].[CH3-].[CH3-].[U].[U].[U].[U].[U]. The van der Waals surface area contributed by atoms with Crippen molar-refractivity contribution in [3.63, 3.8) is 0 Å². The Bertz CT molecular complexity index is 3150. The molecule has 1 amide bonds. The van der Waals surface area contributed by atoms with Gasteiger partial charge in [0.15, 0.2) is 48.6 Å². The van der Waals surface area contributed by atoms with E-state index in [9.17, 15) is 49.4 Å². The predicted molar refractivity (Wildman–Crippen MR) is 390 cm³/mol. The van der Waals surface area contributed by atoms with Gasteiger partial charge in [-0.2, -0.15) is 0 Å². The quantitative estimate of drug-likeness (QED) is 0.00880. The van der Waals surface area contributed by atoms with Crippen LogP contribution in [0.15, 0.2) is 182 Å². The Morgan fingerprint density at radius 3 is 1.15 bits per heavy atom. The molecule has 0 saturated carbocycles. The Morgan fingerprint density at radius 2 is 0.859 bits per heavy atom. The number of carbonyl (C=O) groups is 4. The molecule has 0 aliphatic carbocycles. The Labute approximate surface area is 724 Å². The molecule has 8 atom stereocenters. The second-order valence-electron chi connectivity index (χ2n) is 20.0. The molecular weight excluding hydrogens is 2590 g/mol. The first-order chi connectivity index (χ1) is 41.6. The second-order valence-corrected chi connectivity index (χ2v) is 41.3. The molecule has 6 aromatic carbocycles. The third-order valence-corrected chi connectivity index (χ3v) is 23.1. The number of ether oxygens (including phenoxy) is 2. The Morgan fingerprint density at radius 1 is 0.556 bits per heavy atom. The average molecular weight is 2690 g/mol. The van der Waals surface area contributed by atoms with E-state index in [2.05, 4.69) is 61.1 Å². The summed E-state index contributed by atoms with van der Waals surface area (Å²) in [5.74, 6) is -6.90. The van der Waals surface area contributed by atoms with E-state index in [-0.39, 0.29) is 199 Å². The van der Waals surface area contributed by atoms with Crippen molar-refractivity contribution in [1.29, 1.82) is 0 Å². The normalized spacial score (nSPS) is 13.0. The minimum Gasteiger partial charge on any atom is -0.480 e. The van der Waals surface area contributed by atoms with Crippen LogP contribution in [0.25, 0.3) is 0 Å². The topological polar surface area (TPSA) is 381 Å². The molecule has 548 valence electrons. The number of alkyl carbamates (subject to hydrolysis) is 1. The van der Waals surface area contributed by atoms with Crippen molar-refractivity contribution < 1.29 is 256 Å². The van der Waals surface area contributed by atoms with E-state index in [1.54, 1.807) is 127 Å². The van der Waals surface area contributed by atoms with Gasteiger partial charge in [-0.3, -0.25) is 9.59 Å². The number of nitrogens with one attached hydrogen (secondary N) is 1. The zero-order valence-electron chi connectivity index (χ0n) is 57.0. The molecule has 0 fully saturated rings. The number of aliphatic carboxylic acids is 1. The maximum absolute atomic E-state index is 12.0. The van der Waals surface area contributed by atoms with E-state index < -0.39 is 120 Å². The largest absolute Gasteiger partial charge is 0.480 e. The first-order valence-electron chi connectivity index (χ1n) is 26.2. The molecule has 13 N–H and O–H groups in total. The molecule has 6 rings (SSSR count). The average Bonchev–Trinajstić information content (AvgIpc) is 0.889. The molecule has 0 aliphatic rings. The Kier molecular flexibility index (Phi) is 79.0. The summed E-state index contributed by atoms with van der Waals surface area (Å²) in [6, 6.07) is 50.0. The number of carboxylic acids is 1. The van der Waals surface area contributed by atoms with Crippen molar-refractivity contribution in [2.24, 2.45) is 5.73 Å². The molecule has 0 aromatic heterocycles. The van der Waals surface area contributed by atoms with Gasteiger partial charge in [0.1, 0.15) is 24.8 Å². The molecule has 0 aliphatic heterocycles. The van der Waals surface area contributed by atoms with Crippen molar-refractivity contribution in [3.05, 3.63) is 253 Å². The van der Waals surface area contributed by atoms with Gasteiger partial charge >= 0.3 is 26.7 Å². The molecule has 0 spiro atoms. The van der Waals surface area contributed by atoms with Crippen LogP contribution in [0.2, 0.25) is 39.3 Å². The molecule has 0 saturated heterocycles. The molecule has 38 heteroatoms. The van der Waals surface area contributed by atoms with Crippen LogP contribution in [0.5, 0.6) is 0 Å². The van der Waals surface area contributed by atoms with Crippen LogP contribution in [0.1, 0.15) is 61.6 Å². The number of methoxy groups -OCH3 is 1. The van der Waals surface area contributed by atoms with E-state index in [4.69, 9.17) is 75.9 Å². The number of esters is 1. The number of aldehydes is 1. The maximum atomic E-state index is 12.0. The molecule has 23 nitrogen and oxygen atoms in total. The van der Waals surface area contributed by atoms with Crippen LogP contribution in [0.3, 0.4) is 0 Å². The van der Waals surface area contributed by atoms with Gasteiger partial charge in [0, 0.05) is 161 Å². The van der Waals surface area contributed by atoms with Gasteiger partial charge in [0.05, 0.1) is 20.3 Å². The fourth-order valence-electron chi connectivity index (χ4n) is 6.18. The fourth-order valence-corrected chi connectivity index (χ4v) is 16.3. The molecule has 0 heterocycles. The maximum Gasteiger partial charge on any atom is 0.408 e. The monoisotopic (exact) mass is 2690 g/mol. The fraction of sp³-hybridized carbons (Fsp3) is 0.262. The van der Waals surface area contributed by atoms with Crippen molar-refractivity contribution in [2.75, 3.05) is 20.3 Å². The summed E-state index contributed by atoms with van der Waals surface area (Å²) in [6.45, 7) is 0.901. The number of hydrogen-bond acceptors (Lipinski definition) is 19. The number of carboxylic acid groups (broad SMARTS) is 1. The minimum atomic E-state index is -3.73. The summed E-state index contributed by atoms with van der Waals surface area (Å²) < 4.78 is 40.5. The third kappa shape index (κ3) is 55.0. The molecule has 6 unspecified atom stereocenters. The first-order valence-corrected chi connectivity index (χ1v) is 43.3. The van der Waals surface area contributed by atoms with Crippen LogP contribution in [-0.2, 0) is 83.1 Å². The molecular formula is C61H92N2O21P5S3Si2U5-5. The number of aliphatic hydroxyl groups is 4. The van der Waals surface area contributed by atoms with E-state index in [0.717, 1.165) is 30.1 Å². The molecule has 0 radical (unpaired) electrons. The van der Waals surface area contributed by atoms with Crippen molar-refractivity contribution in [2.45, 2.75) is 81.4 Å². The Hall–Kier alpha value is 0.814. The van der Waals surface area contributed by atoms with E-state index in [1.807, 2.05) is 54.6 Å². The van der Waals surface area contributed by atoms with Gasteiger partial charge in [-0.25, -0.2) is 14.2 Å². The van der Waals surface area contributed by atoms with Gasteiger partial charge in [0.2, 0.25) is 19.5 Å².